The number of alkyl halides is 7. The van der Waals surface area contributed by atoms with E-state index in [1.54, 1.807) is 5.32 Å². The first-order chi connectivity index (χ1) is 23.1. The van der Waals surface area contributed by atoms with Crippen LogP contribution in [0.25, 0.3) is 0 Å². The Morgan fingerprint density at radius 1 is 1.10 bits per heavy atom. The SMILES string of the molecule is CC(C)(C)C(NC(=O)C(C(F)(F)F)C(F)(F)F)C(=O)N1CC2C3CC(F)C(C3)C2C1C(=O)N1CC2(CC1C#N)Oc1cc(F)cnc1NC2=O. The number of fused-ring (bicyclic) bond motifs is 6. The molecule has 0 radical (unpaired) electrons. The zero-order valence-corrected chi connectivity index (χ0v) is 26.7. The Bertz CT molecular complexity index is 1650. The second-order valence-corrected chi connectivity index (χ2v) is 14.8. The predicted molar refractivity (Wildman–Crippen MR) is 152 cm³/mol. The van der Waals surface area contributed by atoms with Gasteiger partial charge in [-0.25, -0.2) is 13.8 Å². The molecular weight excluding hydrogens is 688 g/mol. The van der Waals surface area contributed by atoms with Crippen LogP contribution in [0.1, 0.15) is 40.0 Å². The quantitative estimate of drug-likeness (QED) is 0.454. The standard InChI is InChI=1S/C31H32F8N6O5/c1-28(2,3)22(42-24(46)21(30(34,35)36)31(37,38)39)26(48)44-10-16-12-4-15(17(33)5-12)19(16)20(44)25(47)45-11-29(7-14(45)8-40)27(49)43-23-18(50-29)6-13(32)9-41-23/h6,9,12,14-17,19-22H,4-5,7,10-11H2,1-3H3,(H,42,46)(H,41,43,49). The largest absolute Gasteiger partial charge is 0.471 e. The number of ether oxygens (including phenoxy) is 1. The number of anilines is 1. The Labute approximate surface area is 279 Å². The minimum Gasteiger partial charge on any atom is -0.471 e. The molecule has 272 valence electrons. The molecule has 5 aliphatic rings. The highest BCUT2D eigenvalue weighted by Gasteiger charge is 2.66. The van der Waals surface area contributed by atoms with Gasteiger partial charge in [-0.15, -0.1) is 0 Å². The van der Waals surface area contributed by atoms with Gasteiger partial charge in [0.25, 0.3) is 5.91 Å². The number of aromatic nitrogens is 1. The second-order valence-electron chi connectivity index (χ2n) is 14.8. The maximum atomic E-state index is 15.2. The van der Waals surface area contributed by atoms with Crippen LogP contribution in [0.3, 0.4) is 0 Å². The van der Waals surface area contributed by atoms with Crippen LogP contribution in [0.15, 0.2) is 12.3 Å². The maximum absolute atomic E-state index is 15.2. The van der Waals surface area contributed by atoms with Gasteiger partial charge in [0.05, 0.1) is 18.8 Å². The first-order valence-corrected chi connectivity index (χ1v) is 15.8. The van der Waals surface area contributed by atoms with E-state index in [1.807, 2.05) is 6.07 Å². The van der Waals surface area contributed by atoms with E-state index in [9.17, 15) is 55.2 Å². The second kappa shape index (κ2) is 11.7. The van der Waals surface area contributed by atoms with Crippen molar-refractivity contribution in [2.24, 2.45) is 35.0 Å². The third-order valence-electron chi connectivity index (χ3n) is 10.6. The van der Waals surface area contributed by atoms with Crippen molar-refractivity contribution in [3.05, 3.63) is 18.1 Å². The van der Waals surface area contributed by atoms with E-state index in [0.29, 0.717) is 6.42 Å². The van der Waals surface area contributed by atoms with Gasteiger partial charge in [0.2, 0.25) is 29.2 Å². The molecule has 4 heterocycles. The Morgan fingerprint density at radius 2 is 1.76 bits per heavy atom. The highest BCUT2D eigenvalue weighted by Crippen LogP contribution is 2.59. The van der Waals surface area contributed by atoms with E-state index >= 15 is 4.39 Å². The molecule has 4 fully saturated rings. The monoisotopic (exact) mass is 720 g/mol. The summed E-state index contributed by atoms with van der Waals surface area (Å²) in [7, 11) is 0. The van der Waals surface area contributed by atoms with E-state index in [4.69, 9.17) is 4.74 Å². The van der Waals surface area contributed by atoms with Gasteiger partial charge < -0.3 is 25.2 Å². The molecule has 1 aromatic heterocycles. The molecular formula is C31H32F8N6O5. The molecule has 2 N–H and O–H groups in total. The molecule has 2 bridgehead atoms. The number of halogens is 8. The first-order valence-electron chi connectivity index (χ1n) is 15.8. The Balaban J connectivity index is 1.34. The van der Waals surface area contributed by atoms with Crippen LogP contribution in [0, 0.1) is 52.2 Å². The Morgan fingerprint density at radius 3 is 2.36 bits per heavy atom. The minimum atomic E-state index is -6.04. The number of hydrogen-bond acceptors (Lipinski definition) is 7. The van der Waals surface area contributed by atoms with Crippen molar-refractivity contribution in [1.82, 2.24) is 20.1 Å². The normalized spacial score (nSPS) is 32.4. The summed E-state index contributed by atoms with van der Waals surface area (Å²) in [5.74, 6) is -13.3. The van der Waals surface area contributed by atoms with Crippen LogP contribution in [0.5, 0.6) is 5.75 Å². The van der Waals surface area contributed by atoms with Gasteiger partial charge in [0.15, 0.2) is 11.6 Å². The summed E-state index contributed by atoms with van der Waals surface area (Å²) >= 11 is 0. The lowest BCUT2D eigenvalue weighted by atomic mass is 9.77. The van der Waals surface area contributed by atoms with Gasteiger partial charge in [-0.05, 0) is 41.9 Å². The fraction of sp³-hybridized carbons (Fsp3) is 0.677. The molecule has 19 heteroatoms. The highest BCUT2D eigenvalue weighted by atomic mass is 19.4. The van der Waals surface area contributed by atoms with Crippen molar-refractivity contribution in [1.29, 1.82) is 5.26 Å². The van der Waals surface area contributed by atoms with Crippen LogP contribution in [-0.2, 0) is 19.2 Å². The van der Waals surface area contributed by atoms with E-state index in [-0.39, 0.29) is 30.5 Å². The molecule has 2 aliphatic carbocycles. The summed E-state index contributed by atoms with van der Waals surface area (Å²) < 4.78 is 116. The molecule has 2 saturated carbocycles. The predicted octanol–water partition coefficient (Wildman–Crippen LogP) is 3.51. The molecule has 6 rings (SSSR count). The molecule has 1 aromatic rings. The van der Waals surface area contributed by atoms with Gasteiger partial charge in [-0.1, -0.05) is 20.8 Å². The summed E-state index contributed by atoms with van der Waals surface area (Å²) in [6.45, 7) is 3.10. The van der Waals surface area contributed by atoms with Crippen LogP contribution >= 0.6 is 0 Å². The number of pyridine rings is 1. The van der Waals surface area contributed by atoms with Crippen molar-refractivity contribution in [3.8, 4) is 11.8 Å². The minimum absolute atomic E-state index is 0.111. The number of nitrogens with one attached hydrogen (secondary N) is 2. The smallest absolute Gasteiger partial charge is 0.409 e. The first kappa shape index (κ1) is 35.6. The van der Waals surface area contributed by atoms with Gasteiger partial charge in [-0.2, -0.15) is 31.6 Å². The van der Waals surface area contributed by atoms with E-state index in [0.717, 1.165) is 22.1 Å². The third-order valence-corrected chi connectivity index (χ3v) is 10.6. The van der Waals surface area contributed by atoms with Crippen LogP contribution < -0.4 is 15.4 Å². The highest BCUT2D eigenvalue weighted by molar-refractivity contribution is 6.01. The van der Waals surface area contributed by atoms with Gasteiger partial charge in [0, 0.05) is 19.0 Å². The number of carbonyl (C=O) groups is 4. The number of hydrogen-bond donors (Lipinski definition) is 2. The fourth-order valence-corrected chi connectivity index (χ4v) is 8.47. The van der Waals surface area contributed by atoms with Crippen molar-refractivity contribution < 1.29 is 59.0 Å². The summed E-state index contributed by atoms with van der Waals surface area (Å²) in [6.07, 6.45) is -12.5. The molecule has 0 aromatic carbocycles. The molecule has 9 atom stereocenters. The van der Waals surface area contributed by atoms with Crippen molar-refractivity contribution in [2.75, 3.05) is 18.4 Å². The molecule has 4 amide bonds. The third kappa shape index (κ3) is 5.77. The zero-order chi connectivity index (χ0) is 36.9. The van der Waals surface area contributed by atoms with Crippen molar-refractivity contribution in [3.63, 3.8) is 0 Å². The topological polar surface area (TPSA) is 145 Å². The summed E-state index contributed by atoms with van der Waals surface area (Å²) in [6, 6.07) is -2.05. The zero-order valence-electron chi connectivity index (χ0n) is 26.7. The number of nitriles is 1. The molecule has 11 nitrogen and oxygen atoms in total. The molecule has 3 aliphatic heterocycles. The van der Waals surface area contributed by atoms with Gasteiger partial charge in [0.1, 0.15) is 30.1 Å². The van der Waals surface area contributed by atoms with Crippen LogP contribution in [0.4, 0.5) is 40.9 Å². The van der Waals surface area contributed by atoms with Gasteiger partial charge >= 0.3 is 12.4 Å². The Hall–Kier alpha value is -4.24. The number of rotatable bonds is 4. The van der Waals surface area contributed by atoms with Gasteiger partial charge in [-0.3, -0.25) is 19.2 Å². The maximum Gasteiger partial charge on any atom is 0.409 e. The van der Waals surface area contributed by atoms with Crippen molar-refractivity contribution >= 4 is 29.4 Å². The lowest BCUT2D eigenvalue weighted by molar-refractivity contribution is -0.274. The summed E-state index contributed by atoms with van der Waals surface area (Å²) in [5, 5.41) is 14.2. The fourth-order valence-electron chi connectivity index (χ4n) is 8.47. The molecule has 2 saturated heterocycles. The number of likely N-dealkylation sites (tertiary alicyclic amines) is 2. The molecule has 9 unspecified atom stereocenters. The average Bonchev–Trinajstić information content (AvgIpc) is 3.73. The molecule has 50 heavy (non-hydrogen) atoms. The molecule has 1 spiro atoms. The lowest BCUT2D eigenvalue weighted by Gasteiger charge is -2.39. The van der Waals surface area contributed by atoms with Crippen molar-refractivity contribution in [2.45, 2.75) is 82.3 Å². The lowest BCUT2D eigenvalue weighted by Crippen LogP contribution is -2.62. The van der Waals surface area contributed by atoms with Crippen LogP contribution in [0.2, 0.25) is 0 Å². The Kier molecular flexibility index (Phi) is 8.29. The average molecular weight is 721 g/mol. The van der Waals surface area contributed by atoms with E-state index in [2.05, 4.69) is 10.3 Å². The van der Waals surface area contributed by atoms with E-state index < -0.39 is 114 Å². The number of amides is 4. The number of carbonyl (C=O) groups excluding carboxylic acids is 4. The summed E-state index contributed by atoms with van der Waals surface area (Å²) in [4.78, 5) is 60.4. The van der Waals surface area contributed by atoms with E-state index in [1.165, 1.54) is 20.8 Å². The summed E-state index contributed by atoms with van der Waals surface area (Å²) in [5.41, 5.74) is -3.40. The van der Waals surface area contributed by atoms with Crippen LogP contribution in [-0.4, -0.2) is 93.8 Å². The number of nitrogens with zero attached hydrogens (tertiary/aromatic N) is 4.